The Morgan fingerprint density at radius 2 is 2.29 bits per heavy atom. The number of halogens is 1. The van der Waals surface area contributed by atoms with Gasteiger partial charge in [0.25, 0.3) is 0 Å². The van der Waals surface area contributed by atoms with Crippen LogP contribution < -0.4 is 10.6 Å². The van der Waals surface area contributed by atoms with E-state index in [2.05, 4.69) is 42.6 Å². The Bertz CT molecular complexity index is 594. The lowest BCUT2D eigenvalue weighted by atomic mass is 10.2. The van der Waals surface area contributed by atoms with E-state index in [1.807, 2.05) is 18.2 Å². The maximum atomic E-state index is 4.43. The molecule has 4 nitrogen and oxygen atoms in total. The van der Waals surface area contributed by atoms with E-state index in [1.54, 1.807) is 6.20 Å². The van der Waals surface area contributed by atoms with E-state index < -0.39 is 0 Å². The Kier molecular flexibility index (Phi) is 2.68. The van der Waals surface area contributed by atoms with Crippen LogP contribution in [0.5, 0.6) is 0 Å². The fraction of sp³-hybridized carbons (Fsp3) is 0.167. The molecule has 5 heteroatoms. The fourth-order valence-electron chi connectivity index (χ4n) is 1.84. The summed E-state index contributed by atoms with van der Waals surface area (Å²) in [6.07, 6.45) is 1.80. The first-order chi connectivity index (χ1) is 8.33. The molecule has 1 aromatic carbocycles. The van der Waals surface area contributed by atoms with E-state index in [4.69, 9.17) is 0 Å². The van der Waals surface area contributed by atoms with Crippen molar-refractivity contribution in [1.29, 1.82) is 0 Å². The van der Waals surface area contributed by atoms with Crippen molar-refractivity contribution in [3.05, 3.63) is 34.9 Å². The lowest BCUT2D eigenvalue weighted by Crippen LogP contribution is -2.26. The third kappa shape index (κ3) is 2.10. The highest BCUT2D eigenvalue weighted by atomic mass is 79.9. The molecule has 0 amide bonds. The van der Waals surface area contributed by atoms with Gasteiger partial charge in [-0.05, 0) is 28.1 Å². The summed E-state index contributed by atoms with van der Waals surface area (Å²) in [5, 5.41) is 7.55. The molecule has 1 aliphatic rings. The first kappa shape index (κ1) is 10.5. The van der Waals surface area contributed by atoms with Crippen LogP contribution in [0.3, 0.4) is 0 Å². The molecule has 2 aromatic rings. The van der Waals surface area contributed by atoms with E-state index in [1.165, 1.54) is 0 Å². The van der Waals surface area contributed by atoms with Gasteiger partial charge in [-0.1, -0.05) is 12.1 Å². The standard InChI is InChI=1S/C12H11BrN4/c13-9-6-8-2-1-3-10(11(8)16-7-9)17-12-14-4-5-15-12/h1-3,6-7H,4-5H2,(H2,14,15,17). The van der Waals surface area contributed by atoms with Crippen molar-refractivity contribution in [2.24, 2.45) is 4.99 Å². The van der Waals surface area contributed by atoms with Crippen LogP contribution in [0.15, 0.2) is 39.9 Å². The molecule has 2 N–H and O–H groups in total. The van der Waals surface area contributed by atoms with Gasteiger partial charge in [-0.3, -0.25) is 9.98 Å². The summed E-state index contributed by atoms with van der Waals surface area (Å²) in [6.45, 7) is 1.72. The minimum absolute atomic E-state index is 0.821. The zero-order valence-corrected chi connectivity index (χ0v) is 10.7. The lowest BCUT2D eigenvalue weighted by molar-refractivity contribution is 0.959. The van der Waals surface area contributed by atoms with Crippen molar-refractivity contribution in [1.82, 2.24) is 10.3 Å². The molecule has 0 radical (unpaired) electrons. The van der Waals surface area contributed by atoms with Gasteiger partial charge in [0.1, 0.15) is 0 Å². The minimum atomic E-state index is 0.821. The number of benzene rings is 1. The Hall–Kier alpha value is -1.62. The van der Waals surface area contributed by atoms with Crippen molar-refractivity contribution in [2.45, 2.75) is 0 Å². The van der Waals surface area contributed by atoms with Gasteiger partial charge in [-0.15, -0.1) is 0 Å². The highest BCUT2D eigenvalue weighted by Gasteiger charge is 2.08. The van der Waals surface area contributed by atoms with Crippen LogP contribution >= 0.6 is 15.9 Å². The summed E-state index contributed by atoms with van der Waals surface area (Å²) in [4.78, 5) is 8.74. The van der Waals surface area contributed by atoms with E-state index in [0.29, 0.717) is 0 Å². The Balaban J connectivity index is 2.03. The molecule has 0 spiro atoms. The van der Waals surface area contributed by atoms with Crippen molar-refractivity contribution in [2.75, 3.05) is 18.4 Å². The van der Waals surface area contributed by atoms with Gasteiger partial charge in [0.2, 0.25) is 0 Å². The number of nitrogens with zero attached hydrogens (tertiary/aromatic N) is 2. The van der Waals surface area contributed by atoms with Crippen LogP contribution in [0.4, 0.5) is 5.69 Å². The molecule has 0 atom stereocenters. The molecular weight excluding hydrogens is 280 g/mol. The summed E-state index contributed by atoms with van der Waals surface area (Å²) in [7, 11) is 0. The minimum Gasteiger partial charge on any atom is -0.354 e. The molecule has 86 valence electrons. The lowest BCUT2D eigenvalue weighted by Gasteiger charge is -2.09. The van der Waals surface area contributed by atoms with E-state index in [-0.39, 0.29) is 0 Å². The molecule has 1 aliphatic heterocycles. The fourth-order valence-corrected chi connectivity index (χ4v) is 2.19. The molecule has 17 heavy (non-hydrogen) atoms. The normalized spacial score (nSPS) is 14.5. The molecule has 0 aliphatic carbocycles. The van der Waals surface area contributed by atoms with Gasteiger partial charge in [-0.2, -0.15) is 0 Å². The first-order valence-electron chi connectivity index (χ1n) is 5.42. The smallest absolute Gasteiger partial charge is 0.195 e. The van der Waals surface area contributed by atoms with Crippen LogP contribution in [0.1, 0.15) is 0 Å². The zero-order chi connectivity index (χ0) is 11.7. The average molecular weight is 291 g/mol. The van der Waals surface area contributed by atoms with Crippen LogP contribution in [0, 0.1) is 0 Å². The van der Waals surface area contributed by atoms with Crippen LogP contribution in [-0.4, -0.2) is 24.0 Å². The molecule has 2 heterocycles. The van der Waals surface area contributed by atoms with Gasteiger partial charge in [0.15, 0.2) is 5.96 Å². The highest BCUT2D eigenvalue weighted by Crippen LogP contribution is 2.23. The third-order valence-electron chi connectivity index (χ3n) is 2.60. The van der Waals surface area contributed by atoms with Crippen molar-refractivity contribution in [3.63, 3.8) is 0 Å². The van der Waals surface area contributed by atoms with Crippen LogP contribution in [0.2, 0.25) is 0 Å². The topological polar surface area (TPSA) is 49.3 Å². The number of hydrogen-bond donors (Lipinski definition) is 2. The Morgan fingerprint density at radius 1 is 1.35 bits per heavy atom. The summed E-state index contributed by atoms with van der Waals surface area (Å²) in [5.74, 6) is 0.821. The largest absolute Gasteiger partial charge is 0.354 e. The summed E-state index contributed by atoms with van der Waals surface area (Å²) >= 11 is 3.43. The number of pyridine rings is 1. The molecule has 3 rings (SSSR count). The summed E-state index contributed by atoms with van der Waals surface area (Å²) in [6, 6.07) is 8.11. The molecule has 0 bridgehead atoms. The third-order valence-corrected chi connectivity index (χ3v) is 3.04. The Morgan fingerprint density at radius 3 is 3.12 bits per heavy atom. The number of fused-ring (bicyclic) bond motifs is 1. The number of nitrogens with one attached hydrogen (secondary N) is 2. The van der Waals surface area contributed by atoms with E-state index >= 15 is 0 Å². The van der Waals surface area contributed by atoms with Gasteiger partial charge in [0.05, 0.1) is 17.7 Å². The van der Waals surface area contributed by atoms with Crippen molar-refractivity contribution >= 4 is 38.5 Å². The summed E-state index contributed by atoms with van der Waals surface area (Å²) < 4.78 is 0.985. The predicted octanol–water partition coefficient (Wildman–Crippen LogP) is 2.37. The van der Waals surface area contributed by atoms with Gasteiger partial charge >= 0.3 is 0 Å². The molecule has 1 aromatic heterocycles. The number of hydrogen-bond acceptors (Lipinski definition) is 4. The number of rotatable bonds is 1. The molecule has 0 saturated heterocycles. The summed E-state index contributed by atoms with van der Waals surface area (Å²) in [5.41, 5.74) is 1.93. The second kappa shape index (κ2) is 4.33. The molecule has 0 saturated carbocycles. The van der Waals surface area contributed by atoms with E-state index in [9.17, 15) is 0 Å². The quantitative estimate of drug-likeness (QED) is 0.848. The second-order valence-corrected chi connectivity index (χ2v) is 4.73. The van der Waals surface area contributed by atoms with Gasteiger partial charge in [0, 0.05) is 22.6 Å². The SMILES string of the molecule is Brc1cnc2c(NC3=NCCN3)cccc2c1. The maximum Gasteiger partial charge on any atom is 0.195 e. The van der Waals surface area contributed by atoms with Crippen LogP contribution in [-0.2, 0) is 0 Å². The number of anilines is 1. The number of guanidine groups is 1. The first-order valence-corrected chi connectivity index (χ1v) is 6.22. The number of aromatic nitrogens is 1. The van der Waals surface area contributed by atoms with Crippen molar-refractivity contribution < 1.29 is 0 Å². The Labute approximate surface area is 107 Å². The average Bonchev–Trinajstić information content (AvgIpc) is 2.82. The zero-order valence-electron chi connectivity index (χ0n) is 9.07. The van der Waals surface area contributed by atoms with E-state index in [0.717, 1.165) is 40.1 Å². The van der Waals surface area contributed by atoms with Gasteiger partial charge < -0.3 is 10.6 Å². The number of aliphatic imine (C=N–C) groups is 1. The molecule has 0 fully saturated rings. The predicted molar refractivity (Wildman–Crippen MR) is 73.4 cm³/mol. The second-order valence-electron chi connectivity index (χ2n) is 3.81. The molecular formula is C12H11BrN4. The van der Waals surface area contributed by atoms with Crippen molar-refractivity contribution in [3.8, 4) is 0 Å². The molecule has 0 unspecified atom stereocenters. The monoisotopic (exact) mass is 290 g/mol. The number of para-hydroxylation sites is 1. The van der Waals surface area contributed by atoms with Gasteiger partial charge in [-0.25, -0.2) is 0 Å². The highest BCUT2D eigenvalue weighted by molar-refractivity contribution is 9.10. The maximum absolute atomic E-state index is 4.43. The van der Waals surface area contributed by atoms with Crippen LogP contribution in [0.25, 0.3) is 10.9 Å².